The number of anilines is 1. The average Bonchev–Trinajstić information content (AvgIpc) is 2.98. The summed E-state index contributed by atoms with van der Waals surface area (Å²) in [7, 11) is 1.89. The van der Waals surface area contributed by atoms with Gasteiger partial charge in [0, 0.05) is 11.9 Å². The van der Waals surface area contributed by atoms with Gasteiger partial charge >= 0.3 is 0 Å². The third-order valence-electron chi connectivity index (χ3n) is 2.63. The van der Waals surface area contributed by atoms with Crippen molar-refractivity contribution in [3.8, 4) is 22.1 Å². The molecule has 2 N–H and O–H groups in total. The Labute approximate surface area is 113 Å². The predicted octanol–water partition coefficient (Wildman–Crippen LogP) is 3.16. The zero-order valence-corrected chi connectivity index (χ0v) is 11.7. The Balaban J connectivity index is 2.11. The molecule has 0 fully saturated rings. The highest BCUT2D eigenvalue weighted by Gasteiger charge is 2.15. The van der Waals surface area contributed by atoms with Gasteiger partial charge in [-0.05, 0) is 24.4 Å². The van der Waals surface area contributed by atoms with Crippen molar-refractivity contribution < 1.29 is 0 Å². The van der Waals surface area contributed by atoms with Crippen LogP contribution in [0.1, 0.15) is 4.88 Å². The van der Waals surface area contributed by atoms with Gasteiger partial charge in [-0.25, -0.2) is 9.67 Å². The van der Waals surface area contributed by atoms with Crippen LogP contribution in [0.3, 0.4) is 0 Å². The Morgan fingerprint density at radius 3 is 2.83 bits per heavy atom. The number of aromatic nitrogens is 3. The van der Waals surface area contributed by atoms with Crippen molar-refractivity contribution in [2.75, 3.05) is 5.73 Å². The second-order valence-corrected chi connectivity index (χ2v) is 6.23. The molecule has 0 spiro atoms. The van der Waals surface area contributed by atoms with Crippen LogP contribution in [0.4, 0.5) is 5.00 Å². The summed E-state index contributed by atoms with van der Waals surface area (Å²) >= 11 is 3.21. The summed E-state index contributed by atoms with van der Waals surface area (Å²) in [4.78, 5) is 6.84. The van der Waals surface area contributed by atoms with Crippen molar-refractivity contribution in [2.45, 2.75) is 6.92 Å². The summed E-state index contributed by atoms with van der Waals surface area (Å²) in [5.74, 6) is 1.58. The molecule has 0 bridgehead atoms. The fourth-order valence-electron chi connectivity index (χ4n) is 1.84. The Morgan fingerprint density at radius 2 is 2.22 bits per heavy atom. The lowest BCUT2D eigenvalue weighted by atomic mass is 10.3. The third kappa shape index (κ3) is 1.83. The van der Waals surface area contributed by atoms with Gasteiger partial charge in [0.2, 0.25) is 0 Å². The van der Waals surface area contributed by atoms with E-state index >= 15 is 0 Å². The van der Waals surface area contributed by atoms with Gasteiger partial charge in [-0.3, -0.25) is 0 Å². The molecule has 6 heteroatoms. The Bertz CT molecular complexity index is 679. The topological polar surface area (TPSA) is 56.7 Å². The van der Waals surface area contributed by atoms with E-state index < -0.39 is 0 Å². The molecule has 0 aliphatic carbocycles. The van der Waals surface area contributed by atoms with Crippen molar-refractivity contribution in [1.82, 2.24) is 14.8 Å². The maximum absolute atomic E-state index is 6.01. The van der Waals surface area contributed by atoms with Gasteiger partial charge in [-0.1, -0.05) is 6.07 Å². The van der Waals surface area contributed by atoms with Crippen molar-refractivity contribution in [3.05, 3.63) is 28.5 Å². The maximum atomic E-state index is 6.01. The number of rotatable bonds is 2. The molecule has 0 radical (unpaired) electrons. The molecule has 3 heterocycles. The van der Waals surface area contributed by atoms with Gasteiger partial charge in [-0.15, -0.1) is 27.8 Å². The molecule has 0 saturated carbocycles. The summed E-state index contributed by atoms with van der Waals surface area (Å²) in [6, 6.07) is 6.08. The summed E-state index contributed by atoms with van der Waals surface area (Å²) in [6.07, 6.45) is 0. The van der Waals surface area contributed by atoms with E-state index in [2.05, 4.69) is 16.1 Å². The van der Waals surface area contributed by atoms with E-state index in [9.17, 15) is 0 Å². The molecule has 3 aromatic heterocycles. The van der Waals surface area contributed by atoms with Gasteiger partial charge in [0.05, 0.1) is 15.4 Å². The first-order valence-electron chi connectivity index (χ1n) is 5.46. The van der Waals surface area contributed by atoms with Gasteiger partial charge in [-0.2, -0.15) is 0 Å². The number of nitrogen functional groups attached to an aromatic ring is 1. The normalized spacial score (nSPS) is 11.0. The molecule has 0 aliphatic heterocycles. The quantitative estimate of drug-likeness (QED) is 0.782. The standard InChI is InChI=1S/C12H12N4S2/c1-7-6-8(10(13)18-7)12-14-11(15-16(12)2)9-4-3-5-17-9/h3-6H,13H2,1-2H3. The first-order chi connectivity index (χ1) is 8.65. The average molecular weight is 276 g/mol. The van der Waals surface area contributed by atoms with Crippen molar-refractivity contribution in [1.29, 1.82) is 0 Å². The molecular weight excluding hydrogens is 264 g/mol. The summed E-state index contributed by atoms with van der Waals surface area (Å²) in [6.45, 7) is 2.04. The van der Waals surface area contributed by atoms with E-state index in [0.717, 1.165) is 27.1 Å². The van der Waals surface area contributed by atoms with Crippen LogP contribution < -0.4 is 5.73 Å². The zero-order valence-electron chi connectivity index (χ0n) is 10.0. The van der Waals surface area contributed by atoms with Crippen molar-refractivity contribution >= 4 is 27.7 Å². The summed E-state index contributed by atoms with van der Waals surface area (Å²) in [5.41, 5.74) is 6.98. The molecule has 18 heavy (non-hydrogen) atoms. The van der Waals surface area contributed by atoms with Crippen molar-refractivity contribution in [2.24, 2.45) is 7.05 Å². The number of nitrogens with zero attached hydrogens (tertiary/aromatic N) is 3. The third-order valence-corrected chi connectivity index (χ3v) is 4.37. The van der Waals surface area contributed by atoms with Crippen LogP contribution in [0, 0.1) is 6.92 Å². The monoisotopic (exact) mass is 276 g/mol. The fraction of sp³-hybridized carbons (Fsp3) is 0.167. The van der Waals surface area contributed by atoms with Gasteiger partial charge in [0.25, 0.3) is 0 Å². The minimum atomic E-state index is 0.755. The molecule has 0 atom stereocenters. The number of nitrogens with two attached hydrogens (primary N) is 1. The predicted molar refractivity (Wildman–Crippen MR) is 76.8 cm³/mol. The van der Waals surface area contributed by atoms with E-state index in [-0.39, 0.29) is 0 Å². The van der Waals surface area contributed by atoms with Crippen LogP contribution in [0.25, 0.3) is 22.1 Å². The minimum Gasteiger partial charge on any atom is -0.390 e. The van der Waals surface area contributed by atoms with E-state index in [1.807, 2.05) is 31.5 Å². The maximum Gasteiger partial charge on any atom is 0.191 e. The summed E-state index contributed by atoms with van der Waals surface area (Å²) in [5, 5.41) is 7.26. The lowest BCUT2D eigenvalue weighted by Crippen LogP contribution is -1.95. The molecule has 3 aromatic rings. The molecule has 0 saturated heterocycles. The van der Waals surface area contributed by atoms with Crippen LogP contribution >= 0.6 is 22.7 Å². The molecule has 0 aromatic carbocycles. The Hall–Kier alpha value is -1.66. The molecule has 4 nitrogen and oxygen atoms in total. The first kappa shape index (κ1) is 11.4. The van der Waals surface area contributed by atoms with E-state index in [1.54, 1.807) is 27.4 Å². The van der Waals surface area contributed by atoms with Crippen LogP contribution in [0.2, 0.25) is 0 Å². The second-order valence-electron chi connectivity index (χ2n) is 3.99. The zero-order chi connectivity index (χ0) is 12.7. The van der Waals surface area contributed by atoms with Crippen LogP contribution in [0.15, 0.2) is 23.6 Å². The number of thiophene rings is 2. The molecule has 0 unspecified atom stereocenters. The smallest absolute Gasteiger partial charge is 0.191 e. The van der Waals surface area contributed by atoms with Crippen LogP contribution in [0.5, 0.6) is 0 Å². The molecule has 0 amide bonds. The highest BCUT2D eigenvalue weighted by Crippen LogP contribution is 2.33. The van der Waals surface area contributed by atoms with Gasteiger partial charge < -0.3 is 5.73 Å². The largest absolute Gasteiger partial charge is 0.390 e. The van der Waals surface area contributed by atoms with Crippen LogP contribution in [-0.4, -0.2) is 14.8 Å². The molecular formula is C12H12N4S2. The Kier molecular flexibility index (Phi) is 2.68. The SMILES string of the molecule is Cc1cc(-c2nc(-c3cccs3)nn2C)c(N)s1. The number of hydrogen-bond donors (Lipinski definition) is 1. The number of hydrogen-bond acceptors (Lipinski definition) is 5. The van der Waals surface area contributed by atoms with E-state index in [0.29, 0.717) is 0 Å². The van der Waals surface area contributed by atoms with E-state index in [4.69, 9.17) is 5.73 Å². The Morgan fingerprint density at radius 1 is 1.39 bits per heavy atom. The number of aryl methyl sites for hydroxylation is 2. The highest BCUT2D eigenvalue weighted by molar-refractivity contribution is 7.16. The lowest BCUT2D eigenvalue weighted by Gasteiger charge is -1.96. The van der Waals surface area contributed by atoms with Crippen LogP contribution in [-0.2, 0) is 7.05 Å². The lowest BCUT2D eigenvalue weighted by molar-refractivity contribution is 0.778. The summed E-state index contributed by atoms with van der Waals surface area (Å²) < 4.78 is 1.78. The molecule has 0 aliphatic rings. The first-order valence-corrected chi connectivity index (χ1v) is 7.16. The molecule has 92 valence electrons. The van der Waals surface area contributed by atoms with Crippen molar-refractivity contribution in [3.63, 3.8) is 0 Å². The van der Waals surface area contributed by atoms with E-state index in [1.165, 1.54) is 4.88 Å². The highest BCUT2D eigenvalue weighted by atomic mass is 32.1. The minimum absolute atomic E-state index is 0.755. The fourth-order valence-corrected chi connectivity index (χ4v) is 3.27. The van der Waals surface area contributed by atoms with Gasteiger partial charge in [0.1, 0.15) is 0 Å². The molecule has 3 rings (SSSR count). The van der Waals surface area contributed by atoms with Gasteiger partial charge in [0.15, 0.2) is 11.6 Å². The second kappa shape index (κ2) is 4.22.